The zero-order chi connectivity index (χ0) is 17.8. The SMILES string of the molecule is NC1CCN(Cc2ccc(OCc3ccc4ccccc4c3)cc2)CC1. The van der Waals surface area contributed by atoms with Crippen LogP contribution in [-0.2, 0) is 13.2 Å². The second-order valence-electron chi connectivity index (χ2n) is 7.23. The fourth-order valence-corrected chi connectivity index (χ4v) is 3.56. The molecule has 3 aromatic rings. The van der Waals surface area contributed by atoms with Crippen molar-refractivity contribution in [3.8, 4) is 5.75 Å². The van der Waals surface area contributed by atoms with Gasteiger partial charge in [-0.05, 0) is 66.0 Å². The third kappa shape index (κ3) is 4.24. The molecule has 4 rings (SSSR count). The van der Waals surface area contributed by atoms with Crippen molar-refractivity contribution in [1.29, 1.82) is 0 Å². The molecule has 1 aliphatic heterocycles. The quantitative estimate of drug-likeness (QED) is 0.747. The first-order valence-corrected chi connectivity index (χ1v) is 9.44. The van der Waals surface area contributed by atoms with E-state index in [2.05, 4.69) is 71.6 Å². The van der Waals surface area contributed by atoms with Crippen LogP contribution >= 0.6 is 0 Å². The predicted molar refractivity (Wildman–Crippen MR) is 107 cm³/mol. The van der Waals surface area contributed by atoms with Crippen molar-refractivity contribution in [2.75, 3.05) is 13.1 Å². The van der Waals surface area contributed by atoms with Crippen LogP contribution in [0.25, 0.3) is 10.8 Å². The fourth-order valence-electron chi connectivity index (χ4n) is 3.56. The van der Waals surface area contributed by atoms with Gasteiger partial charge in [-0.1, -0.05) is 48.5 Å². The van der Waals surface area contributed by atoms with Gasteiger partial charge < -0.3 is 10.5 Å². The number of likely N-dealkylation sites (tertiary alicyclic amines) is 1. The molecule has 3 aromatic carbocycles. The molecule has 1 saturated heterocycles. The van der Waals surface area contributed by atoms with E-state index < -0.39 is 0 Å². The number of ether oxygens (including phenoxy) is 1. The zero-order valence-electron chi connectivity index (χ0n) is 15.1. The standard InChI is InChI=1S/C23H26N2O/c24-22-11-13-25(14-12-22)16-18-6-9-23(10-7-18)26-17-19-5-8-20-3-1-2-4-21(20)15-19/h1-10,15,22H,11-14,16-17,24H2. The lowest BCUT2D eigenvalue weighted by molar-refractivity contribution is 0.205. The summed E-state index contributed by atoms with van der Waals surface area (Å²) in [6.45, 7) is 3.79. The molecule has 26 heavy (non-hydrogen) atoms. The number of benzene rings is 3. The molecule has 0 unspecified atom stereocenters. The second kappa shape index (κ2) is 7.90. The molecule has 0 aromatic heterocycles. The summed E-state index contributed by atoms with van der Waals surface area (Å²) in [5.74, 6) is 0.919. The zero-order valence-corrected chi connectivity index (χ0v) is 15.1. The maximum absolute atomic E-state index is 5.98. The van der Waals surface area contributed by atoms with E-state index in [-0.39, 0.29) is 0 Å². The molecule has 0 radical (unpaired) electrons. The Bertz CT molecular complexity index is 851. The molecule has 0 atom stereocenters. The van der Waals surface area contributed by atoms with E-state index in [1.54, 1.807) is 0 Å². The van der Waals surface area contributed by atoms with Gasteiger partial charge in [-0.15, -0.1) is 0 Å². The van der Waals surface area contributed by atoms with Crippen LogP contribution in [0.5, 0.6) is 5.75 Å². The number of hydrogen-bond donors (Lipinski definition) is 1. The Hall–Kier alpha value is -2.36. The number of nitrogens with two attached hydrogens (primary N) is 1. The first-order chi connectivity index (χ1) is 12.8. The lowest BCUT2D eigenvalue weighted by Crippen LogP contribution is -2.39. The molecular formula is C23H26N2O. The van der Waals surface area contributed by atoms with Crippen molar-refractivity contribution in [3.63, 3.8) is 0 Å². The van der Waals surface area contributed by atoms with E-state index in [1.165, 1.54) is 21.9 Å². The molecule has 1 aliphatic rings. The Labute approximate surface area is 155 Å². The Morgan fingerprint density at radius 3 is 2.31 bits per heavy atom. The summed E-state index contributed by atoms with van der Waals surface area (Å²) in [6, 6.07) is 23.8. The van der Waals surface area contributed by atoms with Gasteiger partial charge in [0.15, 0.2) is 0 Å². The van der Waals surface area contributed by atoms with Crippen molar-refractivity contribution in [2.24, 2.45) is 5.73 Å². The Kier molecular flexibility index (Phi) is 5.19. The third-order valence-corrected chi connectivity index (χ3v) is 5.18. The predicted octanol–water partition coefficient (Wildman–Crippen LogP) is 4.34. The van der Waals surface area contributed by atoms with Crippen LogP contribution in [0, 0.1) is 0 Å². The van der Waals surface area contributed by atoms with Crippen molar-refractivity contribution in [2.45, 2.75) is 32.0 Å². The average molecular weight is 346 g/mol. The third-order valence-electron chi connectivity index (χ3n) is 5.18. The topological polar surface area (TPSA) is 38.5 Å². The highest BCUT2D eigenvalue weighted by molar-refractivity contribution is 5.82. The molecule has 3 heteroatoms. The minimum absolute atomic E-state index is 0.386. The molecule has 1 heterocycles. The van der Waals surface area contributed by atoms with E-state index >= 15 is 0 Å². The van der Waals surface area contributed by atoms with E-state index in [0.29, 0.717) is 12.6 Å². The molecule has 0 bridgehead atoms. The van der Waals surface area contributed by atoms with Crippen LogP contribution in [-0.4, -0.2) is 24.0 Å². The summed E-state index contributed by atoms with van der Waals surface area (Å²) in [4.78, 5) is 2.48. The van der Waals surface area contributed by atoms with Gasteiger partial charge in [-0.25, -0.2) is 0 Å². The van der Waals surface area contributed by atoms with Gasteiger partial charge in [0.2, 0.25) is 0 Å². The van der Waals surface area contributed by atoms with Gasteiger partial charge in [0.05, 0.1) is 0 Å². The fraction of sp³-hybridized carbons (Fsp3) is 0.304. The normalized spacial score (nSPS) is 16.0. The van der Waals surface area contributed by atoms with E-state index in [1.807, 2.05) is 0 Å². The van der Waals surface area contributed by atoms with E-state index in [0.717, 1.165) is 38.2 Å². The van der Waals surface area contributed by atoms with E-state index in [4.69, 9.17) is 10.5 Å². The lowest BCUT2D eigenvalue weighted by Gasteiger charge is -2.30. The highest BCUT2D eigenvalue weighted by Crippen LogP contribution is 2.19. The monoisotopic (exact) mass is 346 g/mol. The van der Waals surface area contributed by atoms with Crippen molar-refractivity contribution in [1.82, 2.24) is 4.90 Å². The number of fused-ring (bicyclic) bond motifs is 1. The number of rotatable bonds is 5. The van der Waals surface area contributed by atoms with Crippen LogP contribution in [0.4, 0.5) is 0 Å². The maximum atomic E-state index is 5.98. The molecule has 0 saturated carbocycles. The van der Waals surface area contributed by atoms with Gasteiger partial charge in [-0.2, -0.15) is 0 Å². The molecular weight excluding hydrogens is 320 g/mol. The summed E-state index contributed by atoms with van der Waals surface area (Å²) in [5.41, 5.74) is 8.50. The van der Waals surface area contributed by atoms with Crippen LogP contribution < -0.4 is 10.5 Å². The Balaban J connectivity index is 1.33. The minimum atomic E-state index is 0.386. The smallest absolute Gasteiger partial charge is 0.119 e. The first-order valence-electron chi connectivity index (χ1n) is 9.44. The summed E-state index contributed by atoms with van der Waals surface area (Å²) in [5, 5.41) is 2.52. The number of hydrogen-bond acceptors (Lipinski definition) is 3. The van der Waals surface area contributed by atoms with Crippen molar-refractivity contribution >= 4 is 10.8 Å². The highest BCUT2D eigenvalue weighted by atomic mass is 16.5. The van der Waals surface area contributed by atoms with Crippen LogP contribution in [0.3, 0.4) is 0 Å². The van der Waals surface area contributed by atoms with Gasteiger partial charge >= 0.3 is 0 Å². The molecule has 0 aliphatic carbocycles. The average Bonchev–Trinajstić information content (AvgIpc) is 2.69. The van der Waals surface area contributed by atoms with Crippen LogP contribution in [0.2, 0.25) is 0 Å². The largest absolute Gasteiger partial charge is 0.489 e. The molecule has 2 N–H and O–H groups in total. The van der Waals surface area contributed by atoms with Gasteiger partial charge in [0, 0.05) is 12.6 Å². The number of piperidine rings is 1. The minimum Gasteiger partial charge on any atom is -0.489 e. The molecule has 0 spiro atoms. The Morgan fingerprint density at radius 2 is 1.54 bits per heavy atom. The molecule has 0 amide bonds. The first kappa shape index (κ1) is 17.1. The summed E-state index contributed by atoms with van der Waals surface area (Å²) >= 11 is 0. The summed E-state index contributed by atoms with van der Waals surface area (Å²) < 4.78 is 5.97. The van der Waals surface area contributed by atoms with Gasteiger partial charge in [-0.3, -0.25) is 4.90 Å². The second-order valence-corrected chi connectivity index (χ2v) is 7.23. The highest BCUT2D eigenvalue weighted by Gasteiger charge is 2.15. The summed E-state index contributed by atoms with van der Waals surface area (Å²) in [7, 11) is 0. The lowest BCUT2D eigenvalue weighted by atomic mass is 10.1. The van der Waals surface area contributed by atoms with Gasteiger partial charge in [0.25, 0.3) is 0 Å². The van der Waals surface area contributed by atoms with Crippen LogP contribution in [0.15, 0.2) is 66.7 Å². The molecule has 1 fully saturated rings. The van der Waals surface area contributed by atoms with Gasteiger partial charge in [0.1, 0.15) is 12.4 Å². The summed E-state index contributed by atoms with van der Waals surface area (Å²) in [6.07, 6.45) is 2.21. The maximum Gasteiger partial charge on any atom is 0.119 e. The van der Waals surface area contributed by atoms with E-state index in [9.17, 15) is 0 Å². The molecule has 134 valence electrons. The Morgan fingerprint density at radius 1 is 0.846 bits per heavy atom. The molecule has 3 nitrogen and oxygen atoms in total. The van der Waals surface area contributed by atoms with Crippen molar-refractivity contribution in [3.05, 3.63) is 77.9 Å². The van der Waals surface area contributed by atoms with Crippen molar-refractivity contribution < 1.29 is 4.74 Å². The van der Waals surface area contributed by atoms with Crippen LogP contribution in [0.1, 0.15) is 24.0 Å². The number of nitrogens with zero attached hydrogens (tertiary/aromatic N) is 1.